The fourth-order valence-corrected chi connectivity index (χ4v) is 2.36. The average Bonchev–Trinajstić information content (AvgIpc) is 2.92. The molecule has 1 unspecified atom stereocenters. The number of aromatic nitrogens is 3. The Hall–Kier alpha value is -2.08. The van der Waals surface area contributed by atoms with Gasteiger partial charge in [-0.1, -0.05) is 0 Å². The van der Waals surface area contributed by atoms with E-state index in [1.165, 1.54) is 0 Å². The maximum absolute atomic E-state index is 6.01. The minimum atomic E-state index is 0.241. The summed E-state index contributed by atoms with van der Waals surface area (Å²) in [7, 11) is 0. The summed E-state index contributed by atoms with van der Waals surface area (Å²) in [6.07, 6.45) is 7.55. The molecule has 6 nitrogen and oxygen atoms in total. The molecule has 6 heteroatoms. The zero-order valence-corrected chi connectivity index (χ0v) is 10.7. The molecule has 2 aromatic heterocycles. The second-order valence-corrected chi connectivity index (χ2v) is 4.83. The molecule has 0 aliphatic carbocycles. The lowest BCUT2D eigenvalue weighted by Crippen LogP contribution is -2.43. The summed E-state index contributed by atoms with van der Waals surface area (Å²) in [5.41, 5.74) is 6.99. The Morgan fingerprint density at radius 2 is 2.37 bits per heavy atom. The van der Waals surface area contributed by atoms with Gasteiger partial charge < -0.3 is 20.9 Å². The van der Waals surface area contributed by atoms with E-state index in [0.29, 0.717) is 0 Å². The minimum absolute atomic E-state index is 0.241. The number of nitrogens with one attached hydrogen (secondary N) is 2. The molecule has 0 aromatic carbocycles. The van der Waals surface area contributed by atoms with Crippen molar-refractivity contribution in [2.24, 2.45) is 5.73 Å². The fourth-order valence-electron chi connectivity index (χ4n) is 2.36. The highest BCUT2D eigenvalue weighted by Gasteiger charge is 2.18. The molecule has 0 saturated carbocycles. The second-order valence-electron chi connectivity index (χ2n) is 4.83. The van der Waals surface area contributed by atoms with Crippen LogP contribution in [0.3, 0.4) is 0 Å². The Morgan fingerprint density at radius 3 is 3.16 bits per heavy atom. The van der Waals surface area contributed by atoms with Gasteiger partial charge in [0, 0.05) is 37.6 Å². The topological polar surface area (TPSA) is 82.9 Å². The number of hydrogen-bond donors (Lipinski definition) is 3. The van der Waals surface area contributed by atoms with Gasteiger partial charge in [-0.2, -0.15) is 0 Å². The van der Waals surface area contributed by atoms with Crippen LogP contribution in [0.2, 0.25) is 0 Å². The van der Waals surface area contributed by atoms with Crippen LogP contribution in [0.5, 0.6) is 0 Å². The summed E-state index contributed by atoms with van der Waals surface area (Å²) in [4.78, 5) is 13.8. The fraction of sp³-hybridized carbons (Fsp3) is 0.385. The quantitative estimate of drug-likeness (QED) is 0.776. The summed E-state index contributed by atoms with van der Waals surface area (Å²) in [6, 6.07) is 4.16. The van der Waals surface area contributed by atoms with Crippen molar-refractivity contribution in [2.45, 2.75) is 18.9 Å². The molecule has 1 aliphatic rings. The largest absolute Gasteiger partial charge is 0.366 e. The molecule has 1 saturated heterocycles. The molecule has 4 N–H and O–H groups in total. The van der Waals surface area contributed by atoms with Crippen LogP contribution in [-0.2, 0) is 0 Å². The average molecular weight is 258 g/mol. The molecule has 100 valence electrons. The predicted molar refractivity (Wildman–Crippen MR) is 75.5 cm³/mol. The van der Waals surface area contributed by atoms with E-state index in [1.807, 2.05) is 24.5 Å². The van der Waals surface area contributed by atoms with Crippen LogP contribution in [0.15, 0.2) is 30.9 Å². The highest BCUT2D eigenvalue weighted by atomic mass is 15.2. The van der Waals surface area contributed by atoms with Crippen molar-refractivity contribution in [3.63, 3.8) is 0 Å². The lowest BCUT2D eigenvalue weighted by atomic mass is 10.1. The standard InChI is InChI=1S/C13H18N6/c14-10-2-1-5-19(8-10)13-6-12(16-9-17-13)18-11-3-4-15-7-11/h3-4,6-7,9-10,15H,1-2,5,8,14H2,(H,16,17,18). The molecular weight excluding hydrogens is 240 g/mol. The van der Waals surface area contributed by atoms with E-state index in [1.54, 1.807) is 6.33 Å². The second kappa shape index (κ2) is 5.27. The first kappa shape index (κ1) is 12.0. The molecule has 3 heterocycles. The van der Waals surface area contributed by atoms with E-state index in [-0.39, 0.29) is 6.04 Å². The number of hydrogen-bond acceptors (Lipinski definition) is 5. The van der Waals surface area contributed by atoms with Gasteiger partial charge in [0.15, 0.2) is 0 Å². The first-order valence-electron chi connectivity index (χ1n) is 6.53. The van der Waals surface area contributed by atoms with Crippen molar-refractivity contribution in [3.8, 4) is 0 Å². The first-order valence-corrected chi connectivity index (χ1v) is 6.53. The van der Waals surface area contributed by atoms with Crippen LogP contribution >= 0.6 is 0 Å². The molecule has 1 aliphatic heterocycles. The molecule has 0 amide bonds. The Bertz CT molecular complexity index is 524. The zero-order valence-electron chi connectivity index (χ0n) is 10.7. The number of anilines is 3. The lowest BCUT2D eigenvalue weighted by molar-refractivity contribution is 0.503. The van der Waals surface area contributed by atoms with Crippen molar-refractivity contribution >= 4 is 17.3 Å². The number of nitrogens with zero attached hydrogens (tertiary/aromatic N) is 3. The molecule has 0 spiro atoms. The molecular formula is C13H18N6. The van der Waals surface area contributed by atoms with Crippen molar-refractivity contribution < 1.29 is 0 Å². The monoisotopic (exact) mass is 258 g/mol. The van der Waals surface area contributed by atoms with E-state index >= 15 is 0 Å². The maximum atomic E-state index is 6.01. The van der Waals surface area contributed by atoms with E-state index in [4.69, 9.17) is 5.73 Å². The lowest BCUT2D eigenvalue weighted by Gasteiger charge is -2.31. The zero-order chi connectivity index (χ0) is 13.1. The normalized spacial score (nSPS) is 19.4. The van der Waals surface area contributed by atoms with Crippen molar-refractivity contribution in [1.29, 1.82) is 0 Å². The SMILES string of the molecule is NC1CCCN(c2cc(Nc3cc[nH]c3)ncn2)C1. The minimum Gasteiger partial charge on any atom is -0.366 e. The highest BCUT2D eigenvalue weighted by Crippen LogP contribution is 2.20. The maximum Gasteiger partial charge on any atom is 0.135 e. The summed E-state index contributed by atoms with van der Waals surface area (Å²) in [5, 5.41) is 3.23. The van der Waals surface area contributed by atoms with Gasteiger partial charge in [-0.05, 0) is 18.9 Å². The highest BCUT2D eigenvalue weighted by molar-refractivity contribution is 5.58. The van der Waals surface area contributed by atoms with Gasteiger partial charge in [0.05, 0.1) is 5.69 Å². The molecule has 0 bridgehead atoms. The molecule has 0 radical (unpaired) electrons. The molecule has 19 heavy (non-hydrogen) atoms. The summed E-state index contributed by atoms with van der Waals surface area (Å²) < 4.78 is 0. The van der Waals surface area contributed by atoms with Gasteiger partial charge in [-0.25, -0.2) is 9.97 Å². The van der Waals surface area contributed by atoms with Crippen LogP contribution in [0.25, 0.3) is 0 Å². The van der Waals surface area contributed by atoms with E-state index in [9.17, 15) is 0 Å². The summed E-state index contributed by atoms with van der Waals surface area (Å²) in [5.74, 6) is 1.73. The first-order chi connectivity index (χ1) is 9.31. The Morgan fingerprint density at radius 1 is 1.42 bits per heavy atom. The number of nitrogens with two attached hydrogens (primary N) is 1. The van der Waals surface area contributed by atoms with E-state index < -0.39 is 0 Å². The summed E-state index contributed by atoms with van der Waals surface area (Å²) in [6.45, 7) is 1.87. The van der Waals surface area contributed by atoms with E-state index in [2.05, 4.69) is 25.2 Å². The molecule has 3 rings (SSSR count). The number of piperidine rings is 1. The van der Waals surface area contributed by atoms with Gasteiger partial charge in [0.1, 0.15) is 18.0 Å². The molecule has 1 atom stereocenters. The number of rotatable bonds is 3. The third kappa shape index (κ3) is 2.85. The van der Waals surface area contributed by atoms with Crippen LogP contribution in [0, 0.1) is 0 Å². The van der Waals surface area contributed by atoms with Gasteiger partial charge in [-0.15, -0.1) is 0 Å². The number of H-pyrrole nitrogens is 1. The van der Waals surface area contributed by atoms with Gasteiger partial charge in [0.2, 0.25) is 0 Å². The van der Waals surface area contributed by atoms with Gasteiger partial charge in [0.25, 0.3) is 0 Å². The van der Waals surface area contributed by atoms with Crippen LogP contribution in [0.1, 0.15) is 12.8 Å². The van der Waals surface area contributed by atoms with Crippen LogP contribution < -0.4 is 16.0 Å². The van der Waals surface area contributed by atoms with Gasteiger partial charge >= 0.3 is 0 Å². The third-order valence-electron chi connectivity index (χ3n) is 3.30. The van der Waals surface area contributed by atoms with E-state index in [0.717, 1.165) is 43.3 Å². The molecule has 2 aromatic rings. The smallest absolute Gasteiger partial charge is 0.135 e. The van der Waals surface area contributed by atoms with Crippen LogP contribution in [-0.4, -0.2) is 34.1 Å². The predicted octanol–water partition coefficient (Wildman–Crippen LogP) is 1.48. The summed E-state index contributed by atoms with van der Waals surface area (Å²) >= 11 is 0. The Labute approximate surface area is 112 Å². The van der Waals surface area contributed by atoms with Crippen molar-refractivity contribution in [1.82, 2.24) is 15.0 Å². The van der Waals surface area contributed by atoms with Crippen molar-refractivity contribution in [2.75, 3.05) is 23.3 Å². The van der Waals surface area contributed by atoms with Gasteiger partial charge in [-0.3, -0.25) is 0 Å². The Balaban J connectivity index is 1.75. The van der Waals surface area contributed by atoms with Crippen LogP contribution in [0.4, 0.5) is 17.3 Å². The third-order valence-corrected chi connectivity index (χ3v) is 3.30. The Kier molecular flexibility index (Phi) is 3.33. The van der Waals surface area contributed by atoms with Crippen molar-refractivity contribution in [3.05, 3.63) is 30.9 Å². The molecule has 1 fully saturated rings. The number of aromatic amines is 1.